The van der Waals surface area contributed by atoms with Crippen molar-refractivity contribution in [2.75, 3.05) is 6.26 Å². The minimum Gasteiger partial charge on any atom is -0.442 e. The van der Waals surface area contributed by atoms with Crippen LogP contribution in [-0.2, 0) is 72.5 Å². The molecule has 54 heavy (non-hydrogen) atoms. The molecule has 15 nitrogen and oxygen atoms in total. The first kappa shape index (κ1) is 45.9. The fourth-order valence-corrected chi connectivity index (χ4v) is 5.33. The van der Waals surface area contributed by atoms with Crippen molar-refractivity contribution in [2.45, 2.75) is 0 Å². The summed E-state index contributed by atoms with van der Waals surface area (Å²) < 4.78 is 54.3. The maximum absolute atomic E-state index is 9.09. The SMILES string of the molecule is C[S-](=O)=O.O=[S-](=O)[S-](=O)=O.[Cu+2].[Na+].[Na+].[Na+].c1ccc2c(c1)-c1nc-2nc2[n-]c(nc3nc(nc4[n-]c(n1)c1ccccc41)-c1cccnc1-3)c1ccccc21. The molecule has 7 aromatic rings. The van der Waals surface area contributed by atoms with Crippen molar-refractivity contribution >= 4 is 74.3 Å². The molecule has 0 saturated heterocycles. The van der Waals surface area contributed by atoms with Crippen LogP contribution in [-0.4, -0.2) is 41.1 Å². The molecule has 3 aromatic carbocycles. The minimum absolute atomic E-state index is 0. The van der Waals surface area contributed by atoms with Gasteiger partial charge < -0.3 is 55.2 Å². The van der Waals surface area contributed by atoms with Crippen LogP contribution in [0.1, 0.15) is 0 Å². The number of fused-ring (bicyclic) bond motifs is 20. The van der Waals surface area contributed by atoms with Crippen LogP contribution < -0.4 is 98.6 Å². The van der Waals surface area contributed by atoms with E-state index in [9.17, 15) is 0 Å². The number of nitrogens with zero attached hydrogens (tertiary/aromatic N) is 9. The fraction of sp³-hybridized carbons (Fsp3) is 0.0312. The van der Waals surface area contributed by atoms with Gasteiger partial charge >= 0.3 is 106 Å². The summed E-state index contributed by atoms with van der Waals surface area (Å²) in [6, 6.07) is 27.5. The number of aromatic nitrogens is 9. The van der Waals surface area contributed by atoms with Crippen LogP contribution in [0.3, 0.4) is 0 Å². The molecule has 22 heteroatoms. The standard InChI is InChI=1S/C31H15N9.CH3O2S.Cu.3Na.O4S2/c1-2-9-17-16(8-1)24-33-25(17)35-27-20-12-5-6-13-21(20)29(37-27)39-31-23-22(14-7-15-32-23)30(40-31)38-28-19-11-4-3-10-18(19)26(34-24)36-28;1-4(2)3;;;;;1-5(2)6(3)4/h1-15H;1H3;;;;;/q-2;-1;+2;3*+1;-2. The van der Waals surface area contributed by atoms with Crippen LogP contribution in [0, 0.1) is 0 Å². The molecule has 0 amide bonds. The van der Waals surface area contributed by atoms with Gasteiger partial charge in [0.15, 0.2) is 0 Å². The van der Waals surface area contributed by atoms with E-state index in [1.807, 2.05) is 84.9 Å². The Morgan fingerprint density at radius 1 is 0.444 bits per heavy atom. The van der Waals surface area contributed by atoms with E-state index >= 15 is 0 Å². The maximum Gasteiger partial charge on any atom is 2.00 e. The van der Waals surface area contributed by atoms with Crippen LogP contribution in [0.25, 0.3) is 89.8 Å². The molecule has 1 radical (unpaired) electrons. The van der Waals surface area contributed by atoms with E-state index in [2.05, 4.69) is 4.98 Å². The predicted octanol–water partition coefficient (Wildman–Crippen LogP) is -4.02. The van der Waals surface area contributed by atoms with E-state index in [0.29, 0.717) is 51.6 Å². The van der Waals surface area contributed by atoms with Gasteiger partial charge in [-0.15, -0.1) is 19.5 Å². The second-order valence-corrected chi connectivity index (χ2v) is 13.6. The topological polar surface area (TPSA) is 221 Å². The minimum atomic E-state index is -2.95. The molecular formula is C32H18CuN9Na3O6S3. The third-order valence-electron chi connectivity index (χ3n) is 7.29. The second-order valence-electron chi connectivity index (χ2n) is 10.3. The molecule has 0 atom stereocenters. The van der Waals surface area contributed by atoms with Gasteiger partial charge in [0.25, 0.3) is 0 Å². The third kappa shape index (κ3) is 9.73. The van der Waals surface area contributed by atoms with Gasteiger partial charge in [-0.1, -0.05) is 89.8 Å². The zero-order chi connectivity index (χ0) is 34.9. The predicted molar refractivity (Wildman–Crippen MR) is 184 cm³/mol. The molecule has 2 aliphatic heterocycles. The van der Waals surface area contributed by atoms with Crippen molar-refractivity contribution in [1.82, 2.24) is 44.9 Å². The Bertz CT molecular complexity index is 2560. The van der Waals surface area contributed by atoms with E-state index < -0.39 is 30.2 Å². The molecular weight excluding hydrogens is 835 g/mol. The molecule has 6 heterocycles. The van der Waals surface area contributed by atoms with Gasteiger partial charge in [0.1, 0.15) is 11.5 Å². The van der Waals surface area contributed by atoms with E-state index in [1.54, 1.807) is 6.20 Å². The summed E-state index contributed by atoms with van der Waals surface area (Å²) in [5, 5.41) is 3.49. The fourth-order valence-electron chi connectivity index (χ4n) is 5.33. The normalized spacial score (nSPS) is 10.7. The van der Waals surface area contributed by atoms with Crippen molar-refractivity contribution in [1.29, 1.82) is 0 Å². The Kier molecular flexibility index (Phi) is 17.1. The monoisotopic (exact) mass is 852 g/mol. The van der Waals surface area contributed by atoms with Gasteiger partial charge in [0.05, 0.1) is 17.5 Å². The Morgan fingerprint density at radius 2 is 0.759 bits per heavy atom. The van der Waals surface area contributed by atoms with Gasteiger partial charge in [-0.3, -0.25) is 4.98 Å². The van der Waals surface area contributed by atoms with Gasteiger partial charge in [0.2, 0.25) is 0 Å². The van der Waals surface area contributed by atoms with Crippen LogP contribution in [0.5, 0.6) is 0 Å². The molecule has 0 aliphatic carbocycles. The van der Waals surface area contributed by atoms with Crippen molar-refractivity contribution in [2.24, 2.45) is 0 Å². The number of pyridine rings is 1. The van der Waals surface area contributed by atoms with Crippen LogP contribution in [0.4, 0.5) is 0 Å². The van der Waals surface area contributed by atoms with Crippen LogP contribution in [0.2, 0.25) is 0 Å². The zero-order valence-corrected chi connectivity index (χ0v) is 38.1. The Balaban J connectivity index is 0.000000503. The first-order chi connectivity index (χ1) is 24.2. The summed E-state index contributed by atoms with van der Waals surface area (Å²) in [5.41, 5.74) is 5.30. The van der Waals surface area contributed by atoms with Crippen LogP contribution in [0.15, 0.2) is 91.1 Å². The summed E-state index contributed by atoms with van der Waals surface area (Å²) in [5.74, 6) is 2.01. The summed E-state index contributed by atoms with van der Waals surface area (Å²) in [6.07, 6.45) is 2.81. The number of hydrogen-bond donors (Lipinski definition) is 0. The molecule has 0 saturated carbocycles. The van der Waals surface area contributed by atoms with Crippen molar-refractivity contribution in [3.05, 3.63) is 91.1 Å². The molecule has 8 bridgehead atoms. The Hall–Kier alpha value is -2.46. The molecule has 0 unspecified atom stereocenters. The number of benzene rings is 3. The quantitative estimate of drug-likeness (QED) is 0.0873. The average molecular weight is 853 g/mol. The van der Waals surface area contributed by atoms with Gasteiger partial charge in [0, 0.05) is 45.5 Å². The summed E-state index contributed by atoms with van der Waals surface area (Å²) in [7, 11) is -7.76. The van der Waals surface area contributed by atoms with Crippen molar-refractivity contribution < 1.29 is 131 Å². The van der Waals surface area contributed by atoms with Crippen molar-refractivity contribution in [3.63, 3.8) is 0 Å². The van der Waals surface area contributed by atoms with E-state index in [0.717, 1.165) is 44.5 Å². The number of rotatable bonds is 1. The molecule has 4 aromatic heterocycles. The van der Waals surface area contributed by atoms with Gasteiger partial charge in [-0.25, -0.2) is 9.97 Å². The molecule has 2 aliphatic rings. The van der Waals surface area contributed by atoms with Crippen LogP contribution >= 0.6 is 0 Å². The first-order valence-corrected chi connectivity index (χ1v) is 18.5. The molecule has 9 rings (SSSR count). The van der Waals surface area contributed by atoms with Crippen molar-refractivity contribution in [3.8, 4) is 45.7 Å². The maximum atomic E-state index is 9.09. The zero-order valence-electron chi connectivity index (χ0n) is 28.7. The van der Waals surface area contributed by atoms with E-state index in [-0.39, 0.29) is 106 Å². The second kappa shape index (κ2) is 20.1. The molecule has 0 N–H and O–H groups in total. The molecule has 259 valence electrons. The first-order valence-electron chi connectivity index (χ1n) is 14.3. The summed E-state index contributed by atoms with van der Waals surface area (Å²) in [4.78, 5) is 43.6. The van der Waals surface area contributed by atoms with Gasteiger partial charge in [-0.2, -0.15) is 0 Å². The smallest absolute Gasteiger partial charge is 0.442 e. The average Bonchev–Trinajstić information content (AvgIpc) is 3.84. The molecule has 0 fully saturated rings. The summed E-state index contributed by atoms with van der Waals surface area (Å²) in [6.45, 7) is 0. The van der Waals surface area contributed by atoms with Gasteiger partial charge in [-0.05, 0) is 33.7 Å². The van der Waals surface area contributed by atoms with E-state index in [1.165, 1.54) is 0 Å². The van der Waals surface area contributed by atoms with E-state index in [4.69, 9.17) is 65.1 Å². The Labute approximate surface area is 388 Å². The largest absolute Gasteiger partial charge is 2.00 e. The molecule has 0 spiro atoms. The summed E-state index contributed by atoms with van der Waals surface area (Å²) >= 11 is 0. The number of hydrogen-bond acceptors (Lipinski definition) is 16. The Morgan fingerprint density at radius 3 is 1.15 bits per heavy atom. The third-order valence-corrected chi connectivity index (χ3v) is 8.18.